The summed E-state index contributed by atoms with van der Waals surface area (Å²) in [5.41, 5.74) is 0. The molecule has 0 amide bonds. The van der Waals surface area contributed by atoms with Crippen LogP contribution in [0.3, 0.4) is 0 Å². The molecule has 0 N–H and O–H groups in total. The van der Waals surface area contributed by atoms with Gasteiger partial charge in [-0.15, -0.1) is 0 Å². The molecule has 0 saturated heterocycles. The van der Waals surface area contributed by atoms with Crippen molar-refractivity contribution in [1.29, 1.82) is 0 Å². The average molecular weight is 396 g/mol. The lowest BCUT2D eigenvalue weighted by atomic mass is 10.1. The zero-order valence-corrected chi connectivity index (χ0v) is 16.0. The zero-order valence-electron chi connectivity index (χ0n) is 13.7. The van der Waals surface area contributed by atoms with E-state index in [4.69, 9.17) is 44.3 Å². The maximum absolute atomic E-state index is 11.8. The summed E-state index contributed by atoms with van der Waals surface area (Å²) in [5, 5.41) is 0.667. The van der Waals surface area contributed by atoms with Crippen LogP contribution >= 0.6 is 34.8 Å². The molecule has 24 heavy (non-hydrogen) atoms. The van der Waals surface area contributed by atoms with E-state index in [0.717, 1.165) is 12.8 Å². The second kappa shape index (κ2) is 10.8. The first-order valence-corrected chi connectivity index (χ1v) is 9.01. The Morgan fingerprint density at radius 1 is 1.00 bits per heavy atom. The third kappa shape index (κ3) is 7.29. The molecule has 1 rings (SSSR count). The number of rotatable bonds is 9. The van der Waals surface area contributed by atoms with E-state index in [1.165, 1.54) is 12.1 Å². The van der Waals surface area contributed by atoms with Crippen LogP contribution in [-0.4, -0.2) is 18.5 Å². The number of carbonyl (C=O) groups is 2. The third-order valence-electron chi connectivity index (χ3n) is 3.58. The summed E-state index contributed by atoms with van der Waals surface area (Å²) in [6, 6.07) is 2.87. The Kier molecular flexibility index (Phi) is 9.49. The molecule has 134 valence electrons. The highest BCUT2D eigenvalue weighted by molar-refractivity contribution is 6.40. The minimum Gasteiger partial charge on any atom is -0.465 e. The van der Waals surface area contributed by atoms with Crippen LogP contribution in [0, 0.1) is 5.92 Å². The van der Waals surface area contributed by atoms with Crippen molar-refractivity contribution in [2.45, 2.75) is 46.0 Å². The van der Waals surface area contributed by atoms with Gasteiger partial charge in [0.1, 0.15) is 0 Å². The van der Waals surface area contributed by atoms with Gasteiger partial charge >= 0.3 is 11.9 Å². The second-order valence-corrected chi connectivity index (χ2v) is 6.64. The van der Waals surface area contributed by atoms with Crippen LogP contribution in [0.2, 0.25) is 15.1 Å². The van der Waals surface area contributed by atoms with E-state index in [-0.39, 0.29) is 34.6 Å². The first kappa shape index (κ1) is 21.1. The summed E-state index contributed by atoms with van der Waals surface area (Å²) < 4.78 is 10.3. The first-order chi connectivity index (χ1) is 11.4. The molecule has 0 aliphatic rings. The Balaban J connectivity index is 2.36. The summed E-state index contributed by atoms with van der Waals surface area (Å²) in [7, 11) is 0. The average Bonchev–Trinajstić information content (AvgIpc) is 2.52. The molecule has 0 saturated carbocycles. The molecule has 0 fully saturated rings. The van der Waals surface area contributed by atoms with E-state index in [0.29, 0.717) is 24.0 Å². The Morgan fingerprint density at radius 3 is 2.08 bits per heavy atom. The van der Waals surface area contributed by atoms with Crippen molar-refractivity contribution in [3.63, 3.8) is 0 Å². The van der Waals surface area contributed by atoms with Gasteiger partial charge in [0.2, 0.25) is 0 Å². The molecule has 0 spiro atoms. The fraction of sp³-hybridized carbons (Fsp3) is 0.529. The number of carbonyl (C=O) groups excluding carboxylic acids is 2. The Morgan fingerprint density at radius 2 is 1.54 bits per heavy atom. The highest BCUT2D eigenvalue weighted by Crippen LogP contribution is 2.36. The van der Waals surface area contributed by atoms with E-state index in [9.17, 15) is 9.59 Å². The molecule has 7 heteroatoms. The van der Waals surface area contributed by atoms with Crippen molar-refractivity contribution in [1.82, 2.24) is 0 Å². The maximum Gasteiger partial charge on any atom is 0.311 e. The Hall–Kier alpha value is -0.970. The van der Waals surface area contributed by atoms with Gasteiger partial charge in [0, 0.05) is 17.9 Å². The van der Waals surface area contributed by atoms with Crippen LogP contribution < -0.4 is 4.74 Å². The number of hydrogen-bond acceptors (Lipinski definition) is 4. The monoisotopic (exact) mass is 394 g/mol. The molecule has 1 aromatic carbocycles. The minimum atomic E-state index is -0.520. The SMILES string of the molecule is CCC(CC)COC(=O)CCCC(=O)Oc1c(Cl)cc(Cl)cc1Cl. The summed E-state index contributed by atoms with van der Waals surface area (Å²) in [5.74, 6) is -0.372. The predicted molar refractivity (Wildman–Crippen MR) is 96.0 cm³/mol. The molecule has 0 atom stereocenters. The van der Waals surface area contributed by atoms with Crippen molar-refractivity contribution in [2.24, 2.45) is 5.92 Å². The van der Waals surface area contributed by atoms with E-state index in [1.807, 2.05) is 0 Å². The smallest absolute Gasteiger partial charge is 0.311 e. The van der Waals surface area contributed by atoms with E-state index in [1.54, 1.807) is 0 Å². The lowest BCUT2D eigenvalue weighted by molar-refractivity contribution is -0.145. The standard InChI is InChI=1S/C17H21Cl3O4/c1-3-11(4-2)10-23-15(21)6-5-7-16(22)24-17-13(19)8-12(18)9-14(17)20/h8-9,11H,3-7,10H2,1-2H3. The van der Waals surface area contributed by atoms with Gasteiger partial charge in [-0.3, -0.25) is 9.59 Å². The van der Waals surface area contributed by atoms with Gasteiger partial charge < -0.3 is 9.47 Å². The second-order valence-electron chi connectivity index (χ2n) is 5.39. The summed E-state index contributed by atoms with van der Waals surface area (Å²) >= 11 is 17.7. The number of halogens is 3. The van der Waals surface area contributed by atoms with Crippen LogP contribution in [0.4, 0.5) is 0 Å². The number of esters is 2. The van der Waals surface area contributed by atoms with E-state index < -0.39 is 5.97 Å². The lowest BCUT2D eigenvalue weighted by Crippen LogP contribution is -2.14. The van der Waals surface area contributed by atoms with Gasteiger partial charge in [-0.1, -0.05) is 61.5 Å². The largest absolute Gasteiger partial charge is 0.465 e. The normalized spacial score (nSPS) is 10.8. The minimum absolute atomic E-state index is 0.0648. The highest BCUT2D eigenvalue weighted by Gasteiger charge is 2.15. The molecule has 0 aliphatic heterocycles. The van der Waals surface area contributed by atoms with Crippen LogP contribution in [0.25, 0.3) is 0 Å². The molecule has 1 aromatic rings. The van der Waals surface area contributed by atoms with Gasteiger partial charge in [0.25, 0.3) is 0 Å². The highest BCUT2D eigenvalue weighted by atomic mass is 35.5. The Labute approximate surface area is 157 Å². The fourth-order valence-corrected chi connectivity index (χ4v) is 2.87. The van der Waals surface area contributed by atoms with Crippen molar-refractivity contribution >= 4 is 46.7 Å². The van der Waals surface area contributed by atoms with Crippen LogP contribution in [0.1, 0.15) is 46.0 Å². The van der Waals surface area contributed by atoms with Gasteiger partial charge in [-0.2, -0.15) is 0 Å². The molecule has 0 heterocycles. The lowest BCUT2D eigenvalue weighted by Gasteiger charge is -2.12. The predicted octanol–water partition coefficient (Wildman–Crippen LogP) is 5.70. The topological polar surface area (TPSA) is 52.6 Å². The fourth-order valence-electron chi connectivity index (χ4n) is 1.98. The summed E-state index contributed by atoms with van der Waals surface area (Å²) in [4.78, 5) is 23.5. The van der Waals surface area contributed by atoms with Crippen molar-refractivity contribution in [2.75, 3.05) is 6.61 Å². The maximum atomic E-state index is 11.8. The van der Waals surface area contributed by atoms with Crippen LogP contribution in [-0.2, 0) is 14.3 Å². The summed E-state index contributed by atoms with van der Waals surface area (Å²) in [6.45, 7) is 4.54. The molecule has 0 aliphatic carbocycles. The van der Waals surface area contributed by atoms with Crippen LogP contribution in [0.15, 0.2) is 12.1 Å². The van der Waals surface area contributed by atoms with Gasteiger partial charge in [-0.05, 0) is 24.5 Å². The third-order valence-corrected chi connectivity index (χ3v) is 4.36. The molecular formula is C17H21Cl3O4. The summed E-state index contributed by atoms with van der Waals surface area (Å²) in [6.07, 6.45) is 2.51. The quantitative estimate of drug-likeness (QED) is 0.397. The van der Waals surface area contributed by atoms with E-state index >= 15 is 0 Å². The number of benzene rings is 1. The number of ether oxygens (including phenoxy) is 2. The molecule has 0 bridgehead atoms. The molecular weight excluding hydrogens is 375 g/mol. The molecule has 0 unspecified atom stereocenters. The van der Waals surface area contributed by atoms with E-state index in [2.05, 4.69) is 13.8 Å². The number of hydrogen-bond donors (Lipinski definition) is 0. The van der Waals surface area contributed by atoms with Gasteiger partial charge in [0.05, 0.1) is 16.7 Å². The molecule has 0 radical (unpaired) electrons. The van der Waals surface area contributed by atoms with Crippen molar-refractivity contribution < 1.29 is 19.1 Å². The first-order valence-electron chi connectivity index (χ1n) is 7.88. The Bertz CT molecular complexity index is 548. The van der Waals surface area contributed by atoms with Crippen molar-refractivity contribution in [3.05, 3.63) is 27.2 Å². The van der Waals surface area contributed by atoms with Gasteiger partial charge in [0.15, 0.2) is 5.75 Å². The molecule has 4 nitrogen and oxygen atoms in total. The van der Waals surface area contributed by atoms with Gasteiger partial charge in [-0.25, -0.2) is 0 Å². The molecule has 0 aromatic heterocycles. The van der Waals surface area contributed by atoms with Crippen molar-refractivity contribution in [3.8, 4) is 5.75 Å². The zero-order chi connectivity index (χ0) is 18.1. The van der Waals surface area contributed by atoms with Crippen LogP contribution in [0.5, 0.6) is 5.75 Å².